The summed E-state index contributed by atoms with van der Waals surface area (Å²) < 4.78 is 0. The Morgan fingerprint density at radius 1 is 1.21 bits per heavy atom. The van der Waals surface area contributed by atoms with Crippen LogP contribution in [0.4, 0.5) is 0 Å². The van der Waals surface area contributed by atoms with E-state index in [9.17, 15) is 0 Å². The molecular weight excluding hydrogens is 180 g/mol. The Morgan fingerprint density at radius 3 is 1.86 bits per heavy atom. The predicted molar refractivity (Wildman–Crippen MR) is 55.3 cm³/mol. The first-order chi connectivity index (χ1) is 6.56. The van der Waals surface area contributed by atoms with Crippen molar-refractivity contribution in [1.29, 1.82) is 0 Å². The van der Waals surface area contributed by atoms with E-state index in [0.717, 1.165) is 5.56 Å². The zero-order chi connectivity index (χ0) is 11.1. The fraction of sp³-hybridized carbons (Fsp3) is 0.364. The van der Waals surface area contributed by atoms with Crippen molar-refractivity contribution < 1.29 is 15.0 Å². The molecule has 0 radical (unpaired) electrons. The Bertz CT molecular complexity index is 282. The van der Waals surface area contributed by atoms with Crippen LogP contribution in [0.15, 0.2) is 12.1 Å². The second-order valence-corrected chi connectivity index (χ2v) is 3.14. The van der Waals surface area contributed by atoms with Gasteiger partial charge in [0, 0.05) is 0 Å². The van der Waals surface area contributed by atoms with Crippen LogP contribution in [0.3, 0.4) is 0 Å². The maximum Gasteiger partial charge on any atom is 0.290 e. The minimum atomic E-state index is -0.250. The highest BCUT2D eigenvalue weighted by atomic mass is 16.3. The van der Waals surface area contributed by atoms with Gasteiger partial charge in [0.15, 0.2) is 0 Å². The first-order valence-electron chi connectivity index (χ1n) is 4.32. The summed E-state index contributed by atoms with van der Waals surface area (Å²) in [6.07, 6.45) is 0. The number of hydrogen-bond donors (Lipinski definition) is 2. The Morgan fingerprint density at radius 2 is 1.57 bits per heavy atom. The minimum Gasteiger partial charge on any atom is -0.483 e. The van der Waals surface area contributed by atoms with Gasteiger partial charge in [-0.1, -0.05) is 17.7 Å². The fourth-order valence-corrected chi connectivity index (χ4v) is 1.46. The molecule has 1 aromatic rings. The predicted octanol–water partition coefficient (Wildman–Crippen LogP) is 1.80. The smallest absolute Gasteiger partial charge is 0.290 e. The molecule has 0 bridgehead atoms. The normalized spacial score (nSPS) is 8.86. The molecule has 1 rings (SSSR count). The van der Waals surface area contributed by atoms with E-state index in [0.29, 0.717) is 0 Å². The topological polar surface area (TPSA) is 57.5 Å². The van der Waals surface area contributed by atoms with Crippen molar-refractivity contribution >= 4 is 6.47 Å². The minimum absolute atomic E-state index is 0.151. The molecule has 0 heterocycles. The maximum atomic E-state index is 8.99. The van der Waals surface area contributed by atoms with Crippen LogP contribution in [0.5, 0.6) is 0 Å². The van der Waals surface area contributed by atoms with Crippen molar-refractivity contribution in [1.82, 2.24) is 0 Å². The first kappa shape index (κ1) is 12.7. The van der Waals surface area contributed by atoms with Crippen LogP contribution < -0.4 is 0 Å². The molecule has 0 unspecified atom stereocenters. The molecule has 3 heteroatoms. The van der Waals surface area contributed by atoms with Crippen molar-refractivity contribution in [3.05, 3.63) is 34.4 Å². The van der Waals surface area contributed by atoms with E-state index < -0.39 is 0 Å². The van der Waals surface area contributed by atoms with Crippen LogP contribution in [0.25, 0.3) is 0 Å². The molecule has 0 aliphatic carbocycles. The van der Waals surface area contributed by atoms with E-state index in [4.69, 9.17) is 15.0 Å². The van der Waals surface area contributed by atoms with Gasteiger partial charge >= 0.3 is 0 Å². The lowest BCUT2D eigenvalue weighted by Gasteiger charge is -2.07. The monoisotopic (exact) mass is 196 g/mol. The Labute approximate surface area is 84.0 Å². The Kier molecular flexibility index (Phi) is 5.56. The van der Waals surface area contributed by atoms with Gasteiger partial charge in [-0.2, -0.15) is 0 Å². The summed E-state index contributed by atoms with van der Waals surface area (Å²) in [6.45, 7) is 6.04. The summed E-state index contributed by atoms with van der Waals surface area (Å²) in [5.41, 5.74) is 4.70. The molecule has 0 saturated carbocycles. The highest BCUT2D eigenvalue weighted by Crippen LogP contribution is 2.15. The van der Waals surface area contributed by atoms with Crippen LogP contribution in [0.1, 0.15) is 22.3 Å². The zero-order valence-corrected chi connectivity index (χ0v) is 8.74. The van der Waals surface area contributed by atoms with E-state index >= 15 is 0 Å². The van der Waals surface area contributed by atoms with E-state index in [2.05, 4.69) is 19.1 Å². The molecule has 0 saturated heterocycles. The molecule has 1 aromatic carbocycles. The molecule has 2 N–H and O–H groups in total. The van der Waals surface area contributed by atoms with Crippen molar-refractivity contribution in [3.63, 3.8) is 0 Å². The summed E-state index contributed by atoms with van der Waals surface area (Å²) in [6, 6.07) is 4.19. The first-order valence-corrected chi connectivity index (χ1v) is 4.32. The van der Waals surface area contributed by atoms with Gasteiger partial charge in [0.2, 0.25) is 0 Å². The Hall–Kier alpha value is -1.35. The largest absolute Gasteiger partial charge is 0.483 e. The third-order valence-electron chi connectivity index (χ3n) is 2.00. The van der Waals surface area contributed by atoms with Gasteiger partial charge in [0.05, 0.1) is 6.61 Å². The average Bonchev–Trinajstić information content (AvgIpc) is 2.04. The highest BCUT2D eigenvalue weighted by Gasteiger charge is 2.00. The molecule has 78 valence electrons. The van der Waals surface area contributed by atoms with E-state index in [1.165, 1.54) is 16.7 Å². The summed E-state index contributed by atoms with van der Waals surface area (Å²) in [5.74, 6) is 0. The molecule has 0 amide bonds. The number of rotatable bonds is 1. The lowest BCUT2D eigenvalue weighted by molar-refractivity contribution is -0.122. The number of aliphatic hydroxyl groups is 1. The molecule has 14 heavy (non-hydrogen) atoms. The summed E-state index contributed by atoms with van der Waals surface area (Å²) >= 11 is 0. The quantitative estimate of drug-likeness (QED) is 0.673. The highest BCUT2D eigenvalue weighted by molar-refractivity contribution is 5.36. The van der Waals surface area contributed by atoms with Crippen LogP contribution in [0, 0.1) is 20.8 Å². The van der Waals surface area contributed by atoms with E-state index in [1.54, 1.807) is 0 Å². The number of aliphatic hydroxyl groups excluding tert-OH is 1. The third kappa shape index (κ3) is 3.58. The number of hydrogen-bond acceptors (Lipinski definition) is 2. The summed E-state index contributed by atoms with van der Waals surface area (Å²) in [4.78, 5) is 8.36. The average molecular weight is 196 g/mol. The fourth-order valence-electron chi connectivity index (χ4n) is 1.46. The van der Waals surface area contributed by atoms with Crippen molar-refractivity contribution in [3.8, 4) is 0 Å². The van der Waals surface area contributed by atoms with Gasteiger partial charge in [-0.3, -0.25) is 4.79 Å². The van der Waals surface area contributed by atoms with Crippen molar-refractivity contribution in [2.45, 2.75) is 27.4 Å². The van der Waals surface area contributed by atoms with E-state index in [1.807, 2.05) is 13.8 Å². The molecule has 0 atom stereocenters. The van der Waals surface area contributed by atoms with Crippen molar-refractivity contribution in [2.24, 2.45) is 0 Å². The summed E-state index contributed by atoms with van der Waals surface area (Å²) in [7, 11) is 0. The van der Waals surface area contributed by atoms with Crippen molar-refractivity contribution in [2.75, 3.05) is 0 Å². The zero-order valence-electron chi connectivity index (χ0n) is 8.74. The Balaban J connectivity index is 0.000000500. The molecule has 0 aliphatic rings. The lowest BCUT2D eigenvalue weighted by atomic mass is 10.0. The summed E-state index contributed by atoms with van der Waals surface area (Å²) in [5, 5.41) is 15.9. The van der Waals surface area contributed by atoms with Gasteiger partial charge in [-0.05, 0) is 37.5 Å². The standard InChI is InChI=1S/C10H14O.CH2O2/c1-7-4-8(2)10(6-11)9(3)5-7;2-1-3/h4-5,11H,6H2,1-3H3;1H,(H,2,3). The number of carboxylic acid groups (broad SMARTS) is 1. The lowest BCUT2D eigenvalue weighted by Crippen LogP contribution is -1.93. The second kappa shape index (κ2) is 6.16. The van der Waals surface area contributed by atoms with Crippen LogP contribution in [0.2, 0.25) is 0 Å². The third-order valence-corrected chi connectivity index (χ3v) is 2.00. The molecule has 3 nitrogen and oxygen atoms in total. The van der Waals surface area contributed by atoms with Gasteiger partial charge in [0.1, 0.15) is 0 Å². The molecule has 0 fully saturated rings. The van der Waals surface area contributed by atoms with Crippen LogP contribution in [-0.4, -0.2) is 16.7 Å². The van der Waals surface area contributed by atoms with Gasteiger partial charge in [-0.25, -0.2) is 0 Å². The SMILES string of the molecule is Cc1cc(C)c(CO)c(C)c1.O=CO. The maximum absolute atomic E-state index is 8.99. The van der Waals surface area contributed by atoms with Crippen LogP contribution >= 0.6 is 0 Å². The second-order valence-electron chi connectivity index (χ2n) is 3.14. The van der Waals surface area contributed by atoms with Gasteiger partial charge in [0.25, 0.3) is 6.47 Å². The van der Waals surface area contributed by atoms with Crippen LogP contribution in [-0.2, 0) is 11.4 Å². The van der Waals surface area contributed by atoms with E-state index in [-0.39, 0.29) is 13.1 Å². The molecule has 0 aromatic heterocycles. The van der Waals surface area contributed by atoms with Gasteiger partial charge < -0.3 is 10.2 Å². The van der Waals surface area contributed by atoms with Gasteiger partial charge in [-0.15, -0.1) is 0 Å². The number of benzene rings is 1. The molecular formula is C11H16O3. The number of aryl methyl sites for hydroxylation is 3. The molecule has 0 aliphatic heterocycles. The number of carbonyl (C=O) groups is 1. The molecule has 0 spiro atoms.